The van der Waals surface area contributed by atoms with Crippen LogP contribution in [-0.2, 0) is 14.3 Å². The van der Waals surface area contributed by atoms with Crippen LogP contribution in [-0.4, -0.2) is 18.9 Å². The quantitative estimate of drug-likeness (QED) is 0.276. The number of ketones is 1. The molecule has 0 aliphatic heterocycles. The second-order valence-corrected chi connectivity index (χ2v) is 6.40. The Kier molecular flexibility index (Phi) is 10.8. The Morgan fingerprint density at radius 1 is 1.17 bits per heavy atom. The molecule has 0 amide bonds. The number of allylic oxidation sites excluding steroid dienone is 6. The number of hydrogen-bond acceptors (Lipinski definition) is 3. The number of carbonyl (C=O) groups excluding carboxylic acids is 2. The number of ether oxygens (including phenoxy) is 1. The number of unbranched alkanes of at least 4 members (excludes halogenated alkanes) is 6. The first-order valence-corrected chi connectivity index (χ1v) is 9.35. The van der Waals surface area contributed by atoms with Crippen molar-refractivity contribution < 1.29 is 14.3 Å². The molecule has 0 radical (unpaired) electrons. The van der Waals surface area contributed by atoms with Crippen LogP contribution in [0.4, 0.5) is 0 Å². The fourth-order valence-electron chi connectivity index (χ4n) is 2.91. The van der Waals surface area contributed by atoms with Crippen molar-refractivity contribution in [1.29, 1.82) is 0 Å². The molecule has 0 bridgehead atoms. The van der Waals surface area contributed by atoms with E-state index in [1.807, 2.05) is 18.2 Å². The SMILES string of the molecule is CCCCC/C=C/C=C1\C(=O)C=CC1CCCCCCC(=O)OC. The third kappa shape index (κ3) is 8.28. The zero-order chi connectivity index (χ0) is 17.6. The molecule has 0 fully saturated rings. The van der Waals surface area contributed by atoms with Gasteiger partial charge in [0.2, 0.25) is 0 Å². The maximum atomic E-state index is 12.0. The summed E-state index contributed by atoms with van der Waals surface area (Å²) in [5.41, 5.74) is 0.927. The average molecular weight is 332 g/mol. The fourth-order valence-corrected chi connectivity index (χ4v) is 2.91. The topological polar surface area (TPSA) is 43.4 Å². The molecule has 0 aromatic carbocycles. The van der Waals surface area contributed by atoms with Crippen molar-refractivity contribution in [3.63, 3.8) is 0 Å². The van der Waals surface area contributed by atoms with E-state index < -0.39 is 0 Å². The van der Waals surface area contributed by atoms with Gasteiger partial charge >= 0.3 is 5.97 Å². The van der Waals surface area contributed by atoms with Crippen LogP contribution in [0.15, 0.2) is 36.0 Å². The summed E-state index contributed by atoms with van der Waals surface area (Å²) in [6, 6.07) is 0. The van der Waals surface area contributed by atoms with Crippen LogP contribution in [0.2, 0.25) is 0 Å². The molecular formula is C21H32O3. The Hall–Kier alpha value is -1.64. The Bertz CT molecular complexity index is 471. The molecule has 0 aromatic rings. The Labute approximate surface area is 146 Å². The number of hydrogen-bond donors (Lipinski definition) is 0. The molecule has 3 nitrogen and oxygen atoms in total. The van der Waals surface area contributed by atoms with Gasteiger partial charge in [-0.2, -0.15) is 0 Å². The Morgan fingerprint density at radius 3 is 2.71 bits per heavy atom. The standard InChI is InChI=1S/C21H32O3/c1-3-4-5-6-7-11-14-19-18(16-17-20(19)22)13-10-8-9-12-15-21(23)24-2/h7,11,14,16-18H,3-6,8-10,12-13,15H2,1-2H3/b11-7+,19-14-. The molecule has 1 aliphatic carbocycles. The zero-order valence-electron chi connectivity index (χ0n) is 15.3. The van der Waals surface area contributed by atoms with E-state index in [4.69, 9.17) is 0 Å². The van der Waals surface area contributed by atoms with Gasteiger partial charge in [0.25, 0.3) is 0 Å². The molecule has 1 rings (SSSR count). The lowest BCUT2D eigenvalue weighted by atomic mass is 9.94. The predicted molar refractivity (Wildman–Crippen MR) is 98.7 cm³/mol. The summed E-state index contributed by atoms with van der Waals surface area (Å²) in [4.78, 5) is 23.0. The van der Waals surface area contributed by atoms with Crippen LogP contribution in [0.1, 0.15) is 71.1 Å². The smallest absolute Gasteiger partial charge is 0.305 e. The van der Waals surface area contributed by atoms with E-state index in [1.165, 1.54) is 26.4 Å². The minimum Gasteiger partial charge on any atom is -0.469 e. The van der Waals surface area contributed by atoms with Crippen LogP contribution >= 0.6 is 0 Å². The third-order valence-electron chi connectivity index (χ3n) is 4.42. The predicted octanol–water partition coefficient (Wildman–Crippen LogP) is 5.32. The summed E-state index contributed by atoms with van der Waals surface area (Å²) < 4.78 is 4.63. The van der Waals surface area contributed by atoms with Crippen LogP contribution in [0.25, 0.3) is 0 Å². The molecule has 3 heteroatoms. The highest BCUT2D eigenvalue weighted by molar-refractivity contribution is 6.07. The van der Waals surface area contributed by atoms with E-state index in [0.717, 1.165) is 44.1 Å². The first kappa shape index (κ1) is 20.4. The van der Waals surface area contributed by atoms with Gasteiger partial charge in [-0.3, -0.25) is 9.59 Å². The van der Waals surface area contributed by atoms with Gasteiger partial charge < -0.3 is 4.74 Å². The molecule has 0 saturated heterocycles. The largest absolute Gasteiger partial charge is 0.469 e. The molecule has 24 heavy (non-hydrogen) atoms. The van der Waals surface area contributed by atoms with Gasteiger partial charge in [0.1, 0.15) is 0 Å². The number of carbonyl (C=O) groups is 2. The Morgan fingerprint density at radius 2 is 1.96 bits per heavy atom. The maximum Gasteiger partial charge on any atom is 0.305 e. The van der Waals surface area contributed by atoms with E-state index in [1.54, 1.807) is 6.08 Å². The second-order valence-electron chi connectivity index (χ2n) is 6.40. The molecule has 1 aliphatic rings. The maximum absolute atomic E-state index is 12.0. The second kappa shape index (κ2) is 12.7. The Balaban J connectivity index is 2.26. The van der Waals surface area contributed by atoms with Crippen molar-refractivity contribution in [1.82, 2.24) is 0 Å². The van der Waals surface area contributed by atoms with E-state index in [-0.39, 0.29) is 17.7 Å². The van der Waals surface area contributed by atoms with Crippen molar-refractivity contribution in [3.8, 4) is 0 Å². The van der Waals surface area contributed by atoms with Gasteiger partial charge in [-0.15, -0.1) is 0 Å². The molecule has 0 spiro atoms. The molecule has 0 aromatic heterocycles. The van der Waals surface area contributed by atoms with Crippen LogP contribution in [0, 0.1) is 5.92 Å². The molecule has 0 saturated carbocycles. The van der Waals surface area contributed by atoms with Crippen LogP contribution in [0.5, 0.6) is 0 Å². The van der Waals surface area contributed by atoms with E-state index >= 15 is 0 Å². The van der Waals surface area contributed by atoms with Gasteiger partial charge in [0.15, 0.2) is 5.78 Å². The molecule has 1 atom stereocenters. The van der Waals surface area contributed by atoms with E-state index in [0.29, 0.717) is 6.42 Å². The van der Waals surface area contributed by atoms with Crippen LogP contribution < -0.4 is 0 Å². The minimum absolute atomic E-state index is 0.129. The fraction of sp³-hybridized carbons (Fsp3) is 0.619. The summed E-state index contributed by atoms with van der Waals surface area (Å²) in [5, 5.41) is 0. The van der Waals surface area contributed by atoms with Gasteiger partial charge in [0, 0.05) is 17.9 Å². The minimum atomic E-state index is -0.129. The first-order valence-electron chi connectivity index (χ1n) is 9.35. The zero-order valence-corrected chi connectivity index (χ0v) is 15.3. The highest BCUT2D eigenvalue weighted by Crippen LogP contribution is 2.27. The number of rotatable bonds is 12. The molecule has 0 heterocycles. The van der Waals surface area contributed by atoms with Gasteiger partial charge in [-0.05, 0) is 31.8 Å². The monoisotopic (exact) mass is 332 g/mol. The molecule has 134 valence electrons. The van der Waals surface area contributed by atoms with Gasteiger partial charge in [-0.25, -0.2) is 0 Å². The average Bonchev–Trinajstić information content (AvgIpc) is 2.94. The van der Waals surface area contributed by atoms with E-state index in [9.17, 15) is 9.59 Å². The number of esters is 1. The van der Waals surface area contributed by atoms with Crippen molar-refractivity contribution in [3.05, 3.63) is 36.0 Å². The lowest BCUT2D eigenvalue weighted by Crippen LogP contribution is -2.03. The van der Waals surface area contributed by atoms with E-state index in [2.05, 4.69) is 17.7 Å². The van der Waals surface area contributed by atoms with Gasteiger partial charge in [-0.1, -0.05) is 63.3 Å². The van der Waals surface area contributed by atoms with Crippen molar-refractivity contribution >= 4 is 11.8 Å². The summed E-state index contributed by atoms with van der Waals surface area (Å²) in [5.74, 6) is 0.289. The van der Waals surface area contributed by atoms with Gasteiger partial charge in [0.05, 0.1) is 7.11 Å². The number of methoxy groups -OCH3 is 1. The third-order valence-corrected chi connectivity index (χ3v) is 4.42. The van der Waals surface area contributed by atoms with Crippen molar-refractivity contribution in [2.45, 2.75) is 71.1 Å². The highest BCUT2D eigenvalue weighted by atomic mass is 16.5. The van der Waals surface area contributed by atoms with Crippen molar-refractivity contribution in [2.75, 3.05) is 7.11 Å². The van der Waals surface area contributed by atoms with Crippen LogP contribution in [0.3, 0.4) is 0 Å². The molecule has 1 unspecified atom stereocenters. The molecule has 0 N–H and O–H groups in total. The molecular weight excluding hydrogens is 300 g/mol. The summed E-state index contributed by atoms with van der Waals surface area (Å²) in [7, 11) is 1.43. The summed E-state index contributed by atoms with van der Waals surface area (Å²) in [6.45, 7) is 2.20. The first-order chi connectivity index (χ1) is 11.7. The lowest BCUT2D eigenvalue weighted by molar-refractivity contribution is -0.140. The van der Waals surface area contributed by atoms with Crippen molar-refractivity contribution in [2.24, 2.45) is 5.92 Å². The summed E-state index contributed by atoms with van der Waals surface area (Å²) >= 11 is 0. The normalized spacial score (nSPS) is 18.8. The highest BCUT2D eigenvalue weighted by Gasteiger charge is 2.21. The summed E-state index contributed by atoms with van der Waals surface area (Å²) in [6.07, 6.45) is 20.4. The lowest BCUT2D eigenvalue weighted by Gasteiger charge is -2.09.